The molecule has 0 aliphatic heterocycles. The topological polar surface area (TPSA) is 54.4 Å². The van der Waals surface area contributed by atoms with Crippen molar-refractivity contribution in [3.63, 3.8) is 0 Å². The summed E-state index contributed by atoms with van der Waals surface area (Å²) in [7, 11) is 0. The predicted octanol–water partition coefficient (Wildman–Crippen LogP) is 6.27. The Kier molecular flexibility index (Phi) is 4.69. The highest BCUT2D eigenvalue weighted by atomic mass is 16.4. The first-order chi connectivity index (χ1) is 13.4. The Morgan fingerprint density at radius 2 is 1.83 bits per heavy atom. The molecule has 0 amide bonds. The van der Waals surface area contributed by atoms with Crippen LogP contribution in [-0.4, -0.2) is 16.9 Å². The number of hydrogen-bond acceptors (Lipinski definition) is 2. The van der Waals surface area contributed by atoms with E-state index >= 15 is 0 Å². The molecule has 7 atom stereocenters. The maximum atomic E-state index is 12.7. The summed E-state index contributed by atoms with van der Waals surface area (Å²) in [4.78, 5) is 24.1. The number of carboxylic acid groups (broad SMARTS) is 1. The summed E-state index contributed by atoms with van der Waals surface area (Å²) in [6, 6.07) is 0. The quantitative estimate of drug-likeness (QED) is 0.568. The van der Waals surface area contributed by atoms with Crippen LogP contribution in [0.1, 0.15) is 92.9 Å². The number of carboxylic acids is 1. The van der Waals surface area contributed by atoms with E-state index in [1.807, 2.05) is 0 Å². The van der Waals surface area contributed by atoms with Crippen molar-refractivity contribution in [2.45, 2.75) is 92.9 Å². The third-order valence-corrected chi connectivity index (χ3v) is 10.8. The molecule has 3 saturated carbocycles. The average molecular weight is 401 g/mol. The van der Waals surface area contributed by atoms with Crippen LogP contribution in [0.5, 0.6) is 0 Å². The van der Waals surface area contributed by atoms with E-state index in [-0.39, 0.29) is 34.0 Å². The van der Waals surface area contributed by atoms with Gasteiger partial charge in [0.15, 0.2) is 0 Å². The second-order valence-corrected chi connectivity index (χ2v) is 12.2. The lowest BCUT2D eigenvalue weighted by Crippen LogP contribution is -2.57. The zero-order valence-electron chi connectivity index (χ0n) is 19.3. The summed E-state index contributed by atoms with van der Waals surface area (Å²) < 4.78 is 0. The predicted molar refractivity (Wildman–Crippen MR) is 115 cm³/mol. The minimum absolute atomic E-state index is 0.174. The Morgan fingerprint density at radius 3 is 2.48 bits per heavy atom. The van der Waals surface area contributed by atoms with Gasteiger partial charge in [-0.1, -0.05) is 53.2 Å². The maximum Gasteiger partial charge on any atom is 0.303 e. The number of allylic oxidation sites excluding steroid dienone is 2. The maximum absolute atomic E-state index is 12.7. The van der Waals surface area contributed by atoms with E-state index in [0.29, 0.717) is 23.5 Å². The van der Waals surface area contributed by atoms with Crippen molar-refractivity contribution in [2.24, 2.45) is 45.3 Å². The van der Waals surface area contributed by atoms with Crippen LogP contribution in [0.15, 0.2) is 11.6 Å². The average Bonchev–Trinajstić information content (AvgIpc) is 2.90. The number of ketones is 1. The fourth-order valence-corrected chi connectivity index (χ4v) is 8.88. The fourth-order valence-electron chi connectivity index (χ4n) is 8.88. The van der Waals surface area contributed by atoms with E-state index in [1.165, 1.54) is 19.3 Å². The molecule has 0 spiro atoms. The third-order valence-electron chi connectivity index (χ3n) is 10.8. The van der Waals surface area contributed by atoms with Crippen molar-refractivity contribution in [1.29, 1.82) is 0 Å². The molecular formula is C26H40O3. The van der Waals surface area contributed by atoms with Gasteiger partial charge in [0.1, 0.15) is 5.78 Å². The van der Waals surface area contributed by atoms with Crippen molar-refractivity contribution in [1.82, 2.24) is 0 Å². The minimum atomic E-state index is -0.662. The first kappa shape index (κ1) is 21.1. The molecule has 0 saturated heterocycles. The molecule has 1 N–H and O–H groups in total. The minimum Gasteiger partial charge on any atom is -0.481 e. The number of hydrogen-bond donors (Lipinski definition) is 1. The normalized spacial score (nSPS) is 46.9. The Hall–Kier alpha value is -1.12. The molecule has 3 fully saturated rings. The van der Waals surface area contributed by atoms with Crippen LogP contribution in [0.3, 0.4) is 0 Å². The zero-order valence-corrected chi connectivity index (χ0v) is 19.3. The van der Waals surface area contributed by atoms with Gasteiger partial charge in [-0.2, -0.15) is 0 Å². The summed E-state index contributed by atoms with van der Waals surface area (Å²) in [5, 5.41) is 9.37. The molecule has 0 aromatic heterocycles. The van der Waals surface area contributed by atoms with E-state index in [9.17, 15) is 14.7 Å². The van der Waals surface area contributed by atoms with Crippen LogP contribution in [0.2, 0.25) is 0 Å². The standard InChI is InChI=1S/C26H40O3/c1-16(15-22(28)29)17-9-13-26(6)19-7-8-20-23(2,3)21(27)11-12-24(20,4)18(19)10-14-25(17,26)5/h7,16-18,20H,8-15H2,1-6H3,(H,28,29)/t16?,17-,18?,20?,24-,25-,26+/m1/s1. The van der Waals surface area contributed by atoms with Crippen molar-refractivity contribution < 1.29 is 14.7 Å². The molecule has 4 aliphatic carbocycles. The fraction of sp³-hybridized carbons (Fsp3) is 0.846. The largest absolute Gasteiger partial charge is 0.481 e. The molecule has 3 nitrogen and oxygen atoms in total. The lowest BCUT2D eigenvalue weighted by Gasteiger charge is -2.63. The number of rotatable bonds is 3. The molecule has 0 aromatic rings. The lowest BCUT2D eigenvalue weighted by atomic mass is 9.41. The van der Waals surface area contributed by atoms with Crippen LogP contribution >= 0.6 is 0 Å². The molecule has 3 unspecified atom stereocenters. The van der Waals surface area contributed by atoms with Crippen molar-refractivity contribution in [3.8, 4) is 0 Å². The molecule has 0 bridgehead atoms. The first-order valence-electron chi connectivity index (χ1n) is 11.8. The van der Waals surface area contributed by atoms with Gasteiger partial charge in [0, 0.05) is 18.3 Å². The highest BCUT2D eigenvalue weighted by molar-refractivity contribution is 5.85. The van der Waals surface area contributed by atoms with Crippen LogP contribution in [-0.2, 0) is 9.59 Å². The number of carbonyl (C=O) groups excluding carboxylic acids is 1. The van der Waals surface area contributed by atoms with E-state index in [1.54, 1.807) is 5.57 Å². The summed E-state index contributed by atoms with van der Waals surface area (Å²) in [5.41, 5.74) is 2.03. The molecular weight excluding hydrogens is 360 g/mol. The van der Waals surface area contributed by atoms with Gasteiger partial charge in [-0.15, -0.1) is 0 Å². The Morgan fingerprint density at radius 1 is 1.14 bits per heavy atom. The summed E-state index contributed by atoms with van der Waals surface area (Å²) in [6.07, 6.45) is 10.3. The molecule has 4 rings (SSSR count). The number of Topliss-reactive ketones (excluding diaryl/α,β-unsaturated/α-hetero) is 1. The van der Waals surface area contributed by atoms with Crippen LogP contribution in [0.4, 0.5) is 0 Å². The van der Waals surface area contributed by atoms with E-state index in [0.717, 1.165) is 25.7 Å². The second-order valence-electron chi connectivity index (χ2n) is 12.2. The van der Waals surface area contributed by atoms with Crippen molar-refractivity contribution in [2.75, 3.05) is 0 Å². The van der Waals surface area contributed by atoms with E-state index in [4.69, 9.17) is 0 Å². The summed E-state index contributed by atoms with van der Waals surface area (Å²) in [5.74, 6) is 1.54. The number of carbonyl (C=O) groups is 2. The monoisotopic (exact) mass is 400 g/mol. The molecule has 0 aromatic carbocycles. The van der Waals surface area contributed by atoms with Gasteiger partial charge in [0.2, 0.25) is 0 Å². The van der Waals surface area contributed by atoms with Crippen LogP contribution in [0, 0.1) is 45.3 Å². The second kappa shape index (κ2) is 6.44. The van der Waals surface area contributed by atoms with Gasteiger partial charge in [-0.25, -0.2) is 0 Å². The van der Waals surface area contributed by atoms with Crippen molar-refractivity contribution in [3.05, 3.63) is 11.6 Å². The molecule has 3 heteroatoms. The molecule has 4 aliphatic rings. The lowest BCUT2D eigenvalue weighted by molar-refractivity contribution is -0.146. The smallest absolute Gasteiger partial charge is 0.303 e. The number of aliphatic carboxylic acids is 1. The SMILES string of the molecule is CC(CC(=O)O)[C@H]1CC[C@@]2(C)C3=CCC4C(C)(C)C(=O)CC[C@]4(C)C3CC[C@]12C. The first-order valence-corrected chi connectivity index (χ1v) is 11.8. The highest BCUT2D eigenvalue weighted by Crippen LogP contribution is 2.73. The molecule has 162 valence electrons. The molecule has 0 heterocycles. The van der Waals surface area contributed by atoms with Gasteiger partial charge in [0.05, 0.1) is 0 Å². The van der Waals surface area contributed by atoms with Crippen LogP contribution in [0.25, 0.3) is 0 Å². The van der Waals surface area contributed by atoms with E-state index in [2.05, 4.69) is 47.6 Å². The Balaban J connectivity index is 1.71. The Bertz CT molecular complexity index is 764. The van der Waals surface area contributed by atoms with Gasteiger partial charge in [-0.05, 0) is 78.4 Å². The Labute approximate surface area is 176 Å². The molecule has 0 radical (unpaired) electrons. The van der Waals surface area contributed by atoms with Crippen LogP contribution < -0.4 is 0 Å². The van der Waals surface area contributed by atoms with Gasteiger partial charge in [-0.3, -0.25) is 9.59 Å². The van der Waals surface area contributed by atoms with E-state index < -0.39 is 5.97 Å². The molecule has 29 heavy (non-hydrogen) atoms. The summed E-state index contributed by atoms with van der Waals surface area (Å²) in [6.45, 7) is 14.0. The number of fused-ring (bicyclic) bond motifs is 5. The van der Waals surface area contributed by atoms with Gasteiger partial charge < -0.3 is 5.11 Å². The third kappa shape index (κ3) is 2.67. The van der Waals surface area contributed by atoms with Gasteiger partial charge in [0.25, 0.3) is 0 Å². The van der Waals surface area contributed by atoms with Gasteiger partial charge >= 0.3 is 5.97 Å². The zero-order chi connectivity index (χ0) is 21.4. The highest BCUT2D eigenvalue weighted by Gasteiger charge is 2.65. The van der Waals surface area contributed by atoms with Crippen molar-refractivity contribution >= 4 is 11.8 Å². The summed E-state index contributed by atoms with van der Waals surface area (Å²) >= 11 is 0.